The minimum Gasteiger partial charge on any atom is -0.383 e. The zero-order valence-corrected chi connectivity index (χ0v) is 10.2. The number of ether oxygens (including phenoxy) is 1. The highest BCUT2D eigenvalue weighted by atomic mass is 32.2. The molecule has 6 nitrogen and oxygen atoms in total. The summed E-state index contributed by atoms with van der Waals surface area (Å²) in [4.78, 5) is 0. The van der Waals surface area contributed by atoms with Crippen molar-refractivity contribution in [1.82, 2.24) is 4.31 Å². The third-order valence-corrected chi connectivity index (χ3v) is 4.09. The highest BCUT2D eigenvalue weighted by Gasteiger charge is 2.27. The zero-order chi connectivity index (χ0) is 12.6. The van der Waals surface area contributed by atoms with Crippen molar-refractivity contribution in [3.63, 3.8) is 0 Å². The third-order valence-electron chi connectivity index (χ3n) is 2.01. The van der Waals surface area contributed by atoms with Crippen molar-refractivity contribution < 1.29 is 13.2 Å². The van der Waals surface area contributed by atoms with Gasteiger partial charge in [-0.15, -0.1) is 0 Å². The molecular formula is C9H15N3O3S. The second-order valence-electron chi connectivity index (χ2n) is 3.12. The van der Waals surface area contributed by atoms with Gasteiger partial charge in [-0.1, -0.05) is 0 Å². The molecule has 0 radical (unpaired) electrons. The molecule has 0 N–H and O–H groups in total. The highest BCUT2D eigenvalue weighted by molar-refractivity contribution is 7.89. The molecule has 0 aromatic carbocycles. The van der Waals surface area contributed by atoms with Gasteiger partial charge >= 0.3 is 0 Å². The van der Waals surface area contributed by atoms with Gasteiger partial charge < -0.3 is 4.74 Å². The summed E-state index contributed by atoms with van der Waals surface area (Å²) in [5.41, 5.74) is 0. The van der Waals surface area contributed by atoms with E-state index < -0.39 is 15.3 Å². The first-order valence-electron chi connectivity index (χ1n) is 4.75. The Balaban J connectivity index is 4.75. The molecule has 0 saturated heterocycles. The molecule has 0 rings (SSSR count). The van der Waals surface area contributed by atoms with Crippen molar-refractivity contribution in [3.05, 3.63) is 0 Å². The Hall–Kier alpha value is -1.15. The van der Waals surface area contributed by atoms with Gasteiger partial charge in [-0.05, 0) is 6.92 Å². The van der Waals surface area contributed by atoms with E-state index in [9.17, 15) is 8.42 Å². The molecule has 90 valence electrons. The van der Waals surface area contributed by atoms with E-state index in [1.165, 1.54) is 14.0 Å². The van der Waals surface area contributed by atoms with Crippen LogP contribution in [0.5, 0.6) is 0 Å². The average Bonchev–Trinajstić information content (AvgIpc) is 2.27. The van der Waals surface area contributed by atoms with Gasteiger partial charge in [0.05, 0.1) is 18.7 Å². The molecule has 0 heterocycles. The monoisotopic (exact) mass is 245 g/mol. The molecule has 0 fully saturated rings. The lowest BCUT2D eigenvalue weighted by molar-refractivity contribution is 0.179. The third kappa shape index (κ3) is 4.15. The van der Waals surface area contributed by atoms with Crippen LogP contribution in [0, 0.1) is 22.7 Å². The topological polar surface area (TPSA) is 94.2 Å². The van der Waals surface area contributed by atoms with Crippen molar-refractivity contribution >= 4 is 10.0 Å². The van der Waals surface area contributed by atoms with E-state index in [1.807, 2.05) is 6.07 Å². The van der Waals surface area contributed by atoms with E-state index in [-0.39, 0.29) is 26.1 Å². The summed E-state index contributed by atoms with van der Waals surface area (Å²) < 4.78 is 29.5. The molecule has 0 aliphatic carbocycles. The lowest BCUT2D eigenvalue weighted by atomic mass is 10.4. The van der Waals surface area contributed by atoms with Gasteiger partial charge in [-0.3, -0.25) is 0 Å². The summed E-state index contributed by atoms with van der Waals surface area (Å²) in [6.07, 6.45) is 0.0983. The van der Waals surface area contributed by atoms with Gasteiger partial charge in [0.25, 0.3) is 0 Å². The number of hydrogen-bond donors (Lipinski definition) is 0. The van der Waals surface area contributed by atoms with Crippen LogP contribution in [-0.2, 0) is 14.8 Å². The predicted octanol–water partition coefficient (Wildman–Crippen LogP) is 0.0904. The molecule has 0 amide bonds. The van der Waals surface area contributed by atoms with E-state index in [0.717, 1.165) is 4.31 Å². The molecule has 1 atom stereocenters. The van der Waals surface area contributed by atoms with E-state index in [0.29, 0.717) is 0 Å². The number of nitrogens with zero attached hydrogens (tertiary/aromatic N) is 3. The van der Waals surface area contributed by atoms with Crippen LogP contribution in [0.4, 0.5) is 0 Å². The van der Waals surface area contributed by atoms with Crippen LogP contribution in [0.25, 0.3) is 0 Å². The van der Waals surface area contributed by atoms with Gasteiger partial charge in [0.2, 0.25) is 10.0 Å². The summed E-state index contributed by atoms with van der Waals surface area (Å²) in [6, 6.07) is 3.56. The van der Waals surface area contributed by atoms with Crippen LogP contribution in [0.2, 0.25) is 0 Å². The summed E-state index contributed by atoms with van der Waals surface area (Å²) in [5.74, 6) is 0. The van der Waals surface area contributed by atoms with Crippen LogP contribution in [-0.4, -0.2) is 44.8 Å². The number of nitriles is 2. The molecule has 0 aliphatic heterocycles. The lowest BCUT2D eigenvalue weighted by Crippen LogP contribution is -2.39. The smallest absolute Gasteiger partial charge is 0.230 e. The lowest BCUT2D eigenvalue weighted by Gasteiger charge is -2.21. The Morgan fingerprint density at radius 1 is 1.38 bits per heavy atom. The van der Waals surface area contributed by atoms with Crippen molar-refractivity contribution in [1.29, 1.82) is 10.5 Å². The first-order chi connectivity index (χ1) is 7.50. The van der Waals surface area contributed by atoms with Crippen LogP contribution in [0.1, 0.15) is 13.3 Å². The summed E-state index contributed by atoms with van der Waals surface area (Å²) in [5, 5.41) is 15.9. The standard InChI is InChI=1S/C9H15N3O3S/c1-9(8-11)16(13,14)12(5-3-4-10)6-7-15-2/h9H,3,5-7H2,1-2H3. The van der Waals surface area contributed by atoms with Crippen LogP contribution in [0.3, 0.4) is 0 Å². The molecule has 0 aliphatic rings. The fraction of sp³-hybridized carbons (Fsp3) is 0.778. The maximum atomic E-state index is 11.8. The van der Waals surface area contributed by atoms with E-state index in [1.54, 1.807) is 6.07 Å². The Morgan fingerprint density at radius 3 is 2.44 bits per heavy atom. The first-order valence-corrected chi connectivity index (χ1v) is 6.25. The van der Waals surface area contributed by atoms with Gasteiger partial charge in [0.15, 0.2) is 5.25 Å². The zero-order valence-electron chi connectivity index (χ0n) is 9.38. The Kier molecular flexibility index (Phi) is 6.66. The molecule has 0 saturated carbocycles. The summed E-state index contributed by atoms with van der Waals surface area (Å²) >= 11 is 0. The molecule has 0 bridgehead atoms. The minimum atomic E-state index is -3.65. The largest absolute Gasteiger partial charge is 0.383 e. The summed E-state index contributed by atoms with van der Waals surface area (Å²) in [6.45, 7) is 1.81. The number of sulfonamides is 1. The van der Waals surface area contributed by atoms with Gasteiger partial charge in [-0.2, -0.15) is 14.8 Å². The average molecular weight is 245 g/mol. The minimum absolute atomic E-state index is 0.0915. The highest BCUT2D eigenvalue weighted by Crippen LogP contribution is 2.08. The first kappa shape index (κ1) is 14.8. The van der Waals surface area contributed by atoms with Crippen LogP contribution in [0.15, 0.2) is 0 Å². The molecule has 1 unspecified atom stereocenters. The van der Waals surface area contributed by atoms with Gasteiger partial charge in [0, 0.05) is 26.6 Å². The Labute approximate surface area is 96.1 Å². The van der Waals surface area contributed by atoms with Gasteiger partial charge in [-0.25, -0.2) is 8.42 Å². The fourth-order valence-electron chi connectivity index (χ4n) is 1.02. The number of methoxy groups -OCH3 is 1. The molecule has 16 heavy (non-hydrogen) atoms. The normalized spacial score (nSPS) is 13.1. The maximum Gasteiger partial charge on any atom is 0.230 e. The van der Waals surface area contributed by atoms with Crippen molar-refractivity contribution in [2.75, 3.05) is 26.8 Å². The second kappa shape index (κ2) is 7.18. The van der Waals surface area contributed by atoms with E-state index >= 15 is 0 Å². The van der Waals surface area contributed by atoms with Crippen molar-refractivity contribution in [2.24, 2.45) is 0 Å². The fourth-order valence-corrected chi connectivity index (χ4v) is 2.28. The summed E-state index contributed by atoms with van der Waals surface area (Å²) in [7, 11) is -2.19. The SMILES string of the molecule is COCCN(CCC#N)S(=O)(=O)C(C)C#N. The van der Waals surface area contributed by atoms with Crippen molar-refractivity contribution in [3.8, 4) is 12.1 Å². The quantitative estimate of drug-likeness (QED) is 0.633. The second-order valence-corrected chi connectivity index (χ2v) is 5.37. The Bertz CT molecular complexity index is 380. The van der Waals surface area contributed by atoms with E-state index in [2.05, 4.69) is 0 Å². The van der Waals surface area contributed by atoms with Crippen molar-refractivity contribution in [2.45, 2.75) is 18.6 Å². The molecule has 0 aromatic rings. The molecule has 0 spiro atoms. The Morgan fingerprint density at radius 2 is 2.00 bits per heavy atom. The number of rotatable bonds is 7. The molecule has 0 aromatic heterocycles. The van der Waals surface area contributed by atoms with Crippen LogP contribution >= 0.6 is 0 Å². The van der Waals surface area contributed by atoms with Crippen LogP contribution < -0.4 is 0 Å². The predicted molar refractivity (Wildman–Crippen MR) is 57.7 cm³/mol. The molecule has 7 heteroatoms. The molecular weight excluding hydrogens is 230 g/mol. The maximum absolute atomic E-state index is 11.8. The van der Waals surface area contributed by atoms with Gasteiger partial charge in [0.1, 0.15) is 0 Å². The van der Waals surface area contributed by atoms with E-state index in [4.69, 9.17) is 15.3 Å². The number of hydrogen-bond acceptors (Lipinski definition) is 5.